The Morgan fingerprint density at radius 3 is 2.55 bits per heavy atom. The van der Waals surface area contributed by atoms with E-state index in [1.807, 2.05) is 0 Å². The van der Waals surface area contributed by atoms with Crippen molar-refractivity contribution in [1.29, 1.82) is 0 Å². The van der Waals surface area contributed by atoms with Gasteiger partial charge in [-0.2, -0.15) is 0 Å². The maximum atomic E-state index is 13.8. The lowest BCUT2D eigenvalue weighted by Gasteiger charge is -2.25. The minimum atomic E-state index is -0.753. The van der Waals surface area contributed by atoms with Gasteiger partial charge in [0.15, 0.2) is 4.80 Å². The second-order valence-corrected chi connectivity index (χ2v) is 11.0. The first-order chi connectivity index (χ1) is 19.0. The molecule has 1 aliphatic heterocycles. The molecule has 0 fully saturated rings. The fraction of sp³-hybridized carbons (Fsp3) is 0.207. The molecule has 0 amide bonds. The van der Waals surface area contributed by atoms with E-state index in [4.69, 9.17) is 20.8 Å². The molecule has 0 bridgehead atoms. The number of allylic oxidation sites excluding steroid dienone is 1. The van der Waals surface area contributed by atoms with Crippen LogP contribution in [-0.4, -0.2) is 21.6 Å². The predicted octanol–water partition coefficient (Wildman–Crippen LogP) is 5.32. The monoisotopic (exact) mass is 577 g/mol. The van der Waals surface area contributed by atoms with E-state index in [0.29, 0.717) is 48.3 Å². The zero-order chi connectivity index (χ0) is 28.7. The van der Waals surface area contributed by atoms with Gasteiger partial charge in [0.2, 0.25) is 0 Å². The zero-order valence-electron chi connectivity index (χ0n) is 22.0. The Balaban J connectivity index is 1.60. The number of carbonyl (C=O) groups is 1. The number of furan rings is 1. The highest BCUT2D eigenvalue weighted by molar-refractivity contribution is 7.07. The summed E-state index contributed by atoms with van der Waals surface area (Å²) in [5.74, 6) is 0.399. The number of nitrogens with zero attached hydrogens (tertiary/aromatic N) is 3. The number of aromatic nitrogens is 1. The highest BCUT2D eigenvalue weighted by Crippen LogP contribution is 2.32. The number of nitro benzene ring substituents is 1. The maximum absolute atomic E-state index is 13.8. The number of halogens is 1. The van der Waals surface area contributed by atoms with Crippen LogP contribution in [0.2, 0.25) is 5.02 Å². The molecule has 0 aliphatic carbocycles. The Bertz CT molecular complexity index is 1860. The minimum Gasteiger partial charge on any atom is -0.459 e. The fourth-order valence-corrected chi connectivity index (χ4v) is 5.72. The van der Waals surface area contributed by atoms with Crippen LogP contribution >= 0.6 is 22.9 Å². The van der Waals surface area contributed by atoms with Crippen molar-refractivity contribution >= 4 is 40.7 Å². The molecule has 0 saturated carbocycles. The maximum Gasteiger partial charge on any atom is 0.338 e. The first kappa shape index (κ1) is 27.3. The van der Waals surface area contributed by atoms with Gasteiger partial charge in [-0.05, 0) is 69.2 Å². The predicted molar refractivity (Wildman–Crippen MR) is 152 cm³/mol. The van der Waals surface area contributed by atoms with Crippen LogP contribution in [0.15, 0.2) is 80.1 Å². The summed E-state index contributed by atoms with van der Waals surface area (Å²) in [7, 11) is 0. The molecule has 0 saturated heterocycles. The molecule has 1 atom stereocenters. The molecule has 0 N–H and O–H groups in total. The third-order valence-corrected chi connectivity index (χ3v) is 7.59. The van der Waals surface area contributed by atoms with Gasteiger partial charge in [-0.1, -0.05) is 35.1 Å². The van der Waals surface area contributed by atoms with Crippen molar-refractivity contribution in [2.45, 2.75) is 39.8 Å². The number of aryl methyl sites for hydroxylation is 1. The summed E-state index contributed by atoms with van der Waals surface area (Å²) >= 11 is 7.30. The Morgan fingerprint density at radius 2 is 1.90 bits per heavy atom. The van der Waals surface area contributed by atoms with Crippen molar-refractivity contribution in [3.05, 3.63) is 118 Å². The van der Waals surface area contributed by atoms with Crippen molar-refractivity contribution in [3.8, 4) is 11.3 Å². The molecule has 11 heteroatoms. The number of esters is 1. The molecule has 1 aliphatic rings. The quantitative estimate of drug-likeness (QED) is 0.174. The number of thiazole rings is 1. The van der Waals surface area contributed by atoms with Crippen molar-refractivity contribution in [2.24, 2.45) is 4.99 Å². The third-order valence-electron chi connectivity index (χ3n) is 6.36. The Labute approximate surface area is 237 Å². The van der Waals surface area contributed by atoms with E-state index in [1.165, 1.54) is 28.0 Å². The van der Waals surface area contributed by atoms with E-state index in [2.05, 4.69) is 4.99 Å². The summed E-state index contributed by atoms with van der Waals surface area (Å²) in [5, 5.41) is 11.6. The number of ether oxygens (including phenoxy) is 1. The van der Waals surface area contributed by atoms with Gasteiger partial charge in [-0.25, -0.2) is 9.79 Å². The lowest BCUT2D eigenvalue weighted by atomic mass is 9.96. The first-order valence-corrected chi connectivity index (χ1v) is 13.6. The molecule has 1 unspecified atom stereocenters. The number of carbonyl (C=O) groups excluding carboxylic acids is 1. The number of nitro groups is 1. The number of hydrogen-bond donors (Lipinski definition) is 0. The highest BCUT2D eigenvalue weighted by atomic mass is 35.5. The standard InChI is InChI=1S/C29H24ClN3O6S/c1-15(2)38-28(35)25-17(4)31-29-32(26(25)18-5-7-19(30)8-6-18)27(34)24(40-29)14-21-10-12-23(39-21)22-11-9-20(33(36)37)13-16(22)3/h5-15,26H,1-4H3. The minimum absolute atomic E-state index is 0.00341. The van der Waals surface area contributed by atoms with E-state index in [-0.39, 0.29) is 22.9 Å². The molecule has 5 rings (SSSR count). The van der Waals surface area contributed by atoms with Crippen LogP contribution in [0.5, 0.6) is 0 Å². The van der Waals surface area contributed by atoms with Crippen molar-refractivity contribution in [1.82, 2.24) is 4.57 Å². The lowest BCUT2D eigenvalue weighted by molar-refractivity contribution is -0.384. The molecular weight excluding hydrogens is 554 g/mol. The van der Waals surface area contributed by atoms with Crippen LogP contribution in [-0.2, 0) is 9.53 Å². The van der Waals surface area contributed by atoms with Gasteiger partial charge in [-0.3, -0.25) is 19.5 Å². The van der Waals surface area contributed by atoms with Crippen LogP contribution in [0.4, 0.5) is 5.69 Å². The molecule has 3 heterocycles. The topological polar surface area (TPSA) is 117 Å². The number of rotatable bonds is 6. The molecule has 4 aromatic rings. The SMILES string of the molecule is CC1=C(C(=O)OC(C)C)C(c2ccc(Cl)cc2)n2c(sc(=Cc3ccc(-c4ccc([N+](=O)[O-])cc4C)o3)c2=O)=N1. The van der Waals surface area contributed by atoms with Gasteiger partial charge in [0, 0.05) is 28.8 Å². The van der Waals surface area contributed by atoms with Crippen molar-refractivity contribution in [3.63, 3.8) is 0 Å². The molecule has 9 nitrogen and oxygen atoms in total. The van der Waals surface area contributed by atoms with Crippen LogP contribution in [0.1, 0.15) is 43.7 Å². The van der Waals surface area contributed by atoms with Crippen LogP contribution in [0.3, 0.4) is 0 Å². The third kappa shape index (κ3) is 5.15. The van der Waals surface area contributed by atoms with Gasteiger partial charge in [0.05, 0.1) is 32.9 Å². The summed E-state index contributed by atoms with van der Waals surface area (Å²) in [6, 6.07) is 14.2. The van der Waals surface area contributed by atoms with Gasteiger partial charge in [0.1, 0.15) is 11.5 Å². The molecule has 0 radical (unpaired) electrons. The van der Waals surface area contributed by atoms with Gasteiger partial charge in [-0.15, -0.1) is 0 Å². The fourth-order valence-electron chi connectivity index (χ4n) is 4.56. The normalized spacial score (nSPS) is 15.2. The first-order valence-electron chi connectivity index (χ1n) is 12.4. The second kappa shape index (κ2) is 10.7. The summed E-state index contributed by atoms with van der Waals surface area (Å²) in [6.07, 6.45) is 1.27. The smallest absolute Gasteiger partial charge is 0.338 e. The van der Waals surface area contributed by atoms with Crippen molar-refractivity contribution in [2.75, 3.05) is 0 Å². The summed E-state index contributed by atoms with van der Waals surface area (Å²) in [5.41, 5.74) is 2.49. The largest absolute Gasteiger partial charge is 0.459 e. The Morgan fingerprint density at radius 1 is 1.18 bits per heavy atom. The number of non-ortho nitro benzene ring substituents is 1. The summed E-state index contributed by atoms with van der Waals surface area (Å²) < 4.78 is 13.4. The van der Waals surface area contributed by atoms with E-state index in [9.17, 15) is 19.7 Å². The molecule has 204 valence electrons. The van der Waals surface area contributed by atoms with Gasteiger partial charge >= 0.3 is 5.97 Å². The number of hydrogen-bond acceptors (Lipinski definition) is 8. The molecule has 40 heavy (non-hydrogen) atoms. The van der Waals surface area contributed by atoms with E-state index in [0.717, 1.165) is 0 Å². The van der Waals surface area contributed by atoms with E-state index < -0.39 is 16.9 Å². The number of benzene rings is 2. The van der Waals surface area contributed by atoms with Crippen molar-refractivity contribution < 1.29 is 18.9 Å². The van der Waals surface area contributed by atoms with Gasteiger partial charge in [0.25, 0.3) is 11.2 Å². The van der Waals surface area contributed by atoms with Crippen LogP contribution in [0, 0.1) is 17.0 Å². The average molecular weight is 578 g/mol. The van der Waals surface area contributed by atoms with Gasteiger partial charge < -0.3 is 9.15 Å². The zero-order valence-corrected chi connectivity index (χ0v) is 23.6. The summed E-state index contributed by atoms with van der Waals surface area (Å²) in [4.78, 5) is 42.6. The molecule has 2 aromatic heterocycles. The second-order valence-electron chi connectivity index (χ2n) is 9.55. The molecule has 2 aromatic carbocycles. The average Bonchev–Trinajstić information content (AvgIpc) is 3.47. The van der Waals surface area contributed by atoms with E-state index >= 15 is 0 Å². The van der Waals surface area contributed by atoms with Crippen LogP contribution < -0.4 is 14.9 Å². The number of fused-ring (bicyclic) bond motifs is 1. The molecule has 0 spiro atoms. The highest BCUT2D eigenvalue weighted by Gasteiger charge is 2.33. The molecular formula is C29H24ClN3O6S. The Kier molecular flexibility index (Phi) is 7.31. The van der Waals surface area contributed by atoms with E-state index in [1.54, 1.807) is 76.2 Å². The lowest BCUT2D eigenvalue weighted by Crippen LogP contribution is -2.40. The summed E-state index contributed by atoms with van der Waals surface area (Å²) in [6.45, 7) is 7.01. The van der Waals surface area contributed by atoms with Crippen LogP contribution in [0.25, 0.3) is 17.4 Å². The Hall–Kier alpha value is -4.28.